The van der Waals surface area contributed by atoms with Gasteiger partial charge in [0.25, 0.3) is 0 Å². The second kappa shape index (κ2) is 5.26. The Bertz CT molecular complexity index is 361. The van der Waals surface area contributed by atoms with E-state index in [4.69, 9.17) is 5.11 Å². The Morgan fingerprint density at radius 1 is 1.67 bits per heavy atom. The van der Waals surface area contributed by atoms with E-state index < -0.39 is 6.09 Å². The van der Waals surface area contributed by atoms with Gasteiger partial charge in [-0.1, -0.05) is 6.08 Å². The molecule has 80 valence electrons. The van der Waals surface area contributed by atoms with E-state index in [9.17, 15) is 9.59 Å². The minimum Gasteiger partial charge on any atom is -0.465 e. The van der Waals surface area contributed by atoms with Crippen molar-refractivity contribution in [1.29, 1.82) is 0 Å². The second-order valence-electron chi connectivity index (χ2n) is 2.75. The monoisotopic (exact) mass is 226 g/mol. The first-order chi connectivity index (χ1) is 7.15. The summed E-state index contributed by atoms with van der Waals surface area (Å²) in [5, 5.41) is 8.76. The van der Waals surface area contributed by atoms with Gasteiger partial charge in [0.05, 0.1) is 11.4 Å². The molecule has 0 fully saturated rings. The van der Waals surface area contributed by atoms with E-state index in [0.29, 0.717) is 4.88 Å². The van der Waals surface area contributed by atoms with Gasteiger partial charge in [-0.2, -0.15) is 0 Å². The van der Waals surface area contributed by atoms with Crippen LogP contribution in [0, 0.1) is 0 Å². The first kappa shape index (κ1) is 11.4. The summed E-state index contributed by atoms with van der Waals surface area (Å²) in [6, 6.07) is 1.57. The molecular weight excluding hydrogens is 216 g/mol. The number of carboxylic acid groups (broad SMARTS) is 1. The zero-order valence-corrected chi connectivity index (χ0v) is 8.74. The van der Waals surface area contributed by atoms with E-state index in [-0.39, 0.29) is 18.9 Å². The topological polar surface area (TPSA) is 70.5 Å². The van der Waals surface area contributed by atoms with Gasteiger partial charge >= 0.3 is 6.09 Å². The van der Waals surface area contributed by atoms with Gasteiger partial charge in [0, 0.05) is 12.7 Å². The first-order valence-electron chi connectivity index (χ1n) is 4.17. The third-order valence-electron chi connectivity index (χ3n) is 1.67. The van der Waals surface area contributed by atoms with Crippen molar-refractivity contribution in [3.8, 4) is 0 Å². The highest BCUT2D eigenvalue weighted by atomic mass is 32.1. The summed E-state index contributed by atoms with van der Waals surface area (Å²) in [7, 11) is 0. The summed E-state index contributed by atoms with van der Waals surface area (Å²) in [6.45, 7) is 3.40. The maximum Gasteiger partial charge on any atom is 0.407 e. The molecule has 0 aliphatic carbocycles. The van der Waals surface area contributed by atoms with Crippen molar-refractivity contribution in [2.75, 3.05) is 13.1 Å². The molecule has 0 aliphatic rings. The summed E-state index contributed by atoms with van der Waals surface area (Å²) in [4.78, 5) is 23.7. The van der Waals surface area contributed by atoms with E-state index in [1.807, 2.05) is 0 Å². The fourth-order valence-corrected chi connectivity index (χ4v) is 1.50. The van der Waals surface area contributed by atoms with Gasteiger partial charge in [0.1, 0.15) is 0 Å². The zero-order chi connectivity index (χ0) is 11.3. The number of aromatic nitrogens is 1. The Kier molecular flexibility index (Phi) is 3.99. The minimum absolute atomic E-state index is 0.139. The molecule has 0 saturated carbocycles. The molecule has 1 aromatic rings. The van der Waals surface area contributed by atoms with Gasteiger partial charge in [-0.05, 0) is 17.6 Å². The highest BCUT2D eigenvalue weighted by molar-refractivity contribution is 7.08. The summed E-state index contributed by atoms with van der Waals surface area (Å²) in [5.74, 6) is -0.248. The van der Waals surface area contributed by atoms with Gasteiger partial charge in [-0.15, -0.1) is 6.58 Å². The third-order valence-corrected chi connectivity index (χ3v) is 2.45. The molecule has 1 N–H and O–H groups in total. The Hall–Kier alpha value is -1.69. The number of ketones is 1. The van der Waals surface area contributed by atoms with Crippen molar-refractivity contribution in [3.63, 3.8) is 0 Å². The van der Waals surface area contributed by atoms with E-state index in [1.165, 1.54) is 12.3 Å². The van der Waals surface area contributed by atoms with Gasteiger partial charge in [-0.3, -0.25) is 9.69 Å². The van der Waals surface area contributed by atoms with Crippen molar-refractivity contribution < 1.29 is 14.7 Å². The van der Waals surface area contributed by atoms with Crippen molar-refractivity contribution in [3.05, 3.63) is 29.8 Å². The lowest BCUT2D eigenvalue weighted by Crippen LogP contribution is -2.34. The summed E-state index contributed by atoms with van der Waals surface area (Å²) in [6.07, 6.45) is 1.82. The van der Waals surface area contributed by atoms with Crippen molar-refractivity contribution in [2.45, 2.75) is 0 Å². The molecule has 0 aliphatic heterocycles. The van der Waals surface area contributed by atoms with Crippen LogP contribution in [0.15, 0.2) is 24.9 Å². The molecule has 15 heavy (non-hydrogen) atoms. The first-order valence-corrected chi connectivity index (χ1v) is 4.95. The van der Waals surface area contributed by atoms with Crippen LogP contribution < -0.4 is 0 Å². The Morgan fingerprint density at radius 3 is 2.87 bits per heavy atom. The van der Waals surface area contributed by atoms with Crippen LogP contribution in [0.3, 0.4) is 0 Å². The average Bonchev–Trinajstić information content (AvgIpc) is 2.69. The largest absolute Gasteiger partial charge is 0.465 e. The van der Waals surface area contributed by atoms with Crippen LogP contribution in [-0.4, -0.2) is 39.3 Å². The lowest BCUT2D eigenvalue weighted by atomic mass is 10.3. The van der Waals surface area contributed by atoms with Crippen molar-refractivity contribution in [2.24, 2.45) is 0 Å². The minimum atomic E-state index is -1.13. The van der Waals surface area contributed by atoms with Gasteiger partial charge in [0.15, 0.2) is 5.78 Å². The average molecular weight is 226 g/mol. The molecule has 0 atom stereocenters. The van der Waals surface area contributed by atoms with Crippen LogP contribution in [0.2, 0.25) is 0 Å². The molecular formula is C9H10N2O3S. The molecule has 0 bridgehead atoms. The molecule has 0 aromatic carbocycles. The third kappa shape index (κ3) is 3.17. The van der Waals surface area contributed by atoms with Crippen LogP contribution in [0.4, 0.5) is 4.79 Å². The Morgan fingerprint density at radius 2 is 2.40 bits per heavy atom. The molecule has 0 unspecified atom stereocenters. The molecule has 5 nitrogen and oxygen atoms in total. The van der Waals surface area contributed by atoms with Gasteiger partial charge in [-0.25, -0.2) is 9.17 Å². The van der Waals surface area contributed by atoms with Gasteiger partial charge in [0.2, 0.25) is 0 Å². The van der Waals surface area contributed by atoms with E-state index in [0.717, 1.165) is 16.4 Å². The summed E-state index contributed by atoms with van der Waals surface area (Å²) in [5.41, 5.74) is 0. The maximum absolute atomic E-state index is 11.5. The number of rotatable bonds is 5. The highest BCUT2D eigenvalue weighted by Gasteiger charge is 2.16. The second-order valence-corrected chi connectivity index (χ2v) is 3.58. The number of carbonyl (C=O) groups excluding carboxylic acids is 1. The normalized spacial score (nSPS) is 9.60. The van der Waals surface area contributed by atoms with Crippen molar-refractivity contribution in [1.82, 2.24) is 9.27 Å². The van der Waals surface area contributed by atoms with E-state index in [1.54, 1.807) is 6.07 Å². The Balaban J connectivity index is 2.62. The molecule has 1 rings (SSSR count). The number of hydrogen-bond donors (Lipinski definition) is 1. The predicted octanol–water partition coefficient (Wildman–Crippen LogP) is 1.49. The quantitative estimate of drug-likeness (QED) is 0.610. The molecule has 1 heterocycles. The van der Waals surface area contributed by atoms with E-state index in [2.05, 4.69) is 11.0 Å². The van der Waals surface area contributed by atoms with Crippen LogP contribution in [0.5, 0.6) is 0 Å². The number of nitrogens with zero attached hydrogens (tertiary/aromatic N) is 2. The van der Waals surface area contributed by atoms with Crippen LogP contribution in [-0.2, 0) is 0 Å². The summed E-state index contributed by atoms with van der Waals surface area (Å²) < 4.78 is 3.78. The highest BCUT2D eigenvalue weighted by Crippen LogP contribution is 2.06. The lowest BCUT2D eigenvalue weighted by Gasteiger charge is -2.15. The maximum atomic E-state index is 11.5. The molecule has 0 saturated heterocycles. The summed E-state index contributed by atoms with van der Waals surface area (Å²) >= 11 is 1.06. The molecule has 0 spiro atoms. The Labute approximate surface area is 90.8 Å². The fraction of sp³-hybridized carbons (Fsp3) is 0.222. The van der Waals surface area contributed by atoms with Gasteiger partial charge < -0.3 is 5.11 Å². The van der Waals surface area contributed by atoms with Crippen molar-refractivity contribution >= 4 is 23.4 Å². The lowest BCUT2D eigenvalue weighted by molar-refractivity contribution is 0.0922. The number of hydrogen-bond acceptors (Lipinski definition) is 4. The van der Waals surface area contributed by atoms with Crippen LogP contribution >= 0.6 is 11.5 Å². The standard InChI is InChI=1S/C9H10N2O3S/c1-2-5-11(9(13)14)6-7(12)8-3-4-10-15-8/h2-4H,1,5-6H2,(H,13,14). The molecule has 1 amide bonds. The smallest absolute Gasteiger partial charge is 0.407 e. The zero-order valence-electron chi connectivity index (χ0n) is 7.92. The number of amides is 1. The molecule has 1 aromatic heterocycles. The van der Waals surface area contributed by atoms with Crippen LogP contribution in [0.25, 0.3) is 0 Å². The van der Waals surface area contributed by atoms with E-state index >= 15 is 0 Å². The molecule has 6 heteroatoms. The SMILES string of the molecule is C=CCN(CC(=O)c1ccns1)C(=O)O. The number of carbonyl (C=O) groups is 2. The molecule has 0 radical (unpaired) electrons. The fourth-order valence-electron chi connectivity index (χ4n) is 0.977. The van der Waals surface area contributed by atoms with Crippen LogP contribution in [0.1, 0.15) is 9.67 Å². The number of Topliss-reactive ketones (excluding diaryl/α,β-unsaturated/α-hetero) is 1. The predicted molar refractivity (Wildman–Crippen MR) is 56.2 cm³/mol.